The third kappa shape index (κ3) is 4.08. The molecule has 1 aliphatic rings. The van der Waals surface area contributed by atoms with Crippen LogP contribution in [0.1, 0.15) is 31.4 Å². The molecule has 2 unspecified atom stereocenters. The minimum absolute atomic E-state index is 0.0151. The van der Waals surface area contributed by atoms with Gasteiger partial charge in [-0.3, -0.25) is 4.40 Å². The second-order valence-corrected chi connectivity index (χ2v) is 8.40. The average Bonchev–Trinajstić information content (AvgIpc) is 3.26. The number of halogens is 3. The van der Waals surface area contributed by atoms with Gasteiger partial charge in [-0.05, 0) is 32.0 Å². The summed E-state index contributed by atoms with van der Waals surface area (Å²) in [4.78, 5) is 11.2. The van der Waals surface area contributed by atoms with E-state index in [1.54, 1.807) is 6.20 Å². The average molecular weight is 455 g/mol. The molecule has 1 fully saturated rings. The molecule has 2 aromatic heterocycles. The van der Waals surface area contributed by atoms with Crippen LogP contribution in [-0.2, 0) is 11.3 Å². The molecule has 0 spiro atoms. The van der Waals surface area contributed by atoms with Crippen molar-refractivity contribution < 1.29 is 17.9 Å². The highest BCUT2D eigenvalue weighted by atomic mass is 19.3. The van der Waals surface area contributed by atoms with Crippen LogP contribution in [0.4, 0.5) is 24.7 Å². The SMILES string of the molecule is CC1CN(c2ccc3c(c2)c(NCc2cccc(C(F)F)c2F)nc2nccn23)CC(C)O1. The van der Waals surface area contributed by atoms with Crippen LogP contribution in [0.25, 0.3) is 16.7 Å². The summed E-state index contributed by atoms with van der Waals surface area (Å²) in [6, 6.07) is 10.1. The van der Waals surface area contributed by atoms with Gasteiger partial charge in [0.15, 0.2) is 0 Å². The summed E-state index contributed by atoms with van der Waals surface area (Å²) in [6.45, 7) is 5.65. The zero-order valence-corrected chi connectivity index (χ0v) is 18.3. The Morgan fingerprint density at radius 1 is 1.15 bits per heavy atom. The maximum Gasteiger partial charge on any atom is 0.266 e. The van der Waals surface area contributed by atoms with Crippen LogP contribution in [0.5, 0.6) is 0 Å². The Hall–Kier alpha value is -3.33. The fourth-order valence-corrected chi connectivity index (χ4v) is 4.45. The fourth-order valence-electron chi connectivity index (χ4n) is 4.45. The lowest BCUT2D eigenvalue weighted by molar-refractivity contribution is -0.00521. The molecule has 2 atom stereocenters. The van der Waals surface area contributed by atoms with Gasteiger partial charge in [-0.15, -0.1) is 0 Å². The third-order valence-corrected chi connectivity index (χ3v) is 5.90. The first-order chi connectivity index (χ1) is 15.9. The summed E-state index contributed by atoms with van der Waals surface area (Å²) in [5.41, 5.74) is 1.46. The van der Waals surface area contributed by atoms with Gasteiger partial charge in [0.2, 0.25) is 5.78 Å². The van der Waals surface area contributed by atoms with Crippen molar-refractivity contribution >= 4 is 28.2 Å². The van der Waals surface area contributed by atoms with Crippen molar-refractivity contribution in [2.45, 2.75) is 39.0 Å². The van der Waals surface area contributed by atoms with Gasteiger partial charge in [0.1, 0.15) is 11.6 Å². The van der Waals surface area contributed by atoms with Crippen LogP contribution >= 0.6 is 0 Å². The molecule has 4 aromatic rings. The molecular weight excluding hydrogens is 431 g/mol. The molecule has 1 N–H and O–H groups in total. The smallest absolute Gasteiger partial charge is 0.266 e. The number of fused-ring (bicyclic) bond motifs is 3. The Bertz CT molecular complexity index is 1300. The van der Waals surface area contributed by atoms with Crippen molar-refractivity contribution in [3.63, 3.8) is 0 Å². The van der Waals surface area contributed by atoms with E-state index in [4.69, 9.17) is 4.74 Å². The lowest BCUT2D eigenvalue weighted by atomic mass is 10.1. The first-order valence-electron chi connectivity index (χ1n) is 10.9. The topological polar surface area (TPSA) is 54.7 Å². The molecule has 172 valence electrons. The molecule has 1 saturated heterocycles. The number of nitrogens with zero attached hydrogens (tertiary/aromatic N) is 4. The molecule has 2 aromatic carbocycles. The molecule has 0 amide bonds. The zero-order chi connectivity index (χ0) is 23.1. The van der Waals surface area contributed by atoms with E-state index in [1.165, 1.54) is 12.1 Å². The van der Waals surface area contributed by atoms with Gasteiger partial charge in [0.25, 0.3) is 6.43 Å². The first kappa shape index (κ1) is 21.5. The van der Waals surface area contributed by atoms with Gasteiger partial charge in [-0.25, -0.2) is 18.2 Å². The van der Waals surface area contributed by atoms with Crippen molar-refractivity contribution in [3.8, 4) is 0 Å². The predicted molar refractivity (Wildman–Crippen MR) is 121 cm³/mol. The Kier molecular flexibility index (Phi) is 5.57. The highest BCUT2D eigenvalue weighted by Crippen LogP contribution is 2.30. The van der Waals surface area contributed by atoms with Crippen LogP contribution in [-0.4, -0.2) is 39.7 Å². The molecule has 1 aliphatic heterocycles. The Morgan fingerprint density at radius 3 is 2.70 bits per heavy atom. The van der Waals surface area contributed by atoms with Gasteiger partial charge in [0, 0.05) is 48.7 Å². The summed E-state index contributed by atoms with van der Waals surface area (Å²) in [6.07, 6.45) is 0.851. The second kappa shape index (κ2) is 8.55. The summed E-state index contributed by atoms with van der Waals surface area (Å²) in [5, 5.41) is 3.98. The van der Waals surface area contributed by atoms with Crippen molar-refractivity contribution in [1.82, 2.24) is 14.4 Å². The molecule has 0 saturated carbocycles. The van der Waals surface area contributed by atoms with E-state index in [-0.39, 0.29) is 24.3 Å². The van der Waals surface area contributed by atoms with Gasteiger partial charge in [0.05, 0.1) is 23.3 Å². The summed E-state index contributed by atoms with van der Waals surface area (Å²) < 4.78 is 48.5. The van der Waals surface area contributed by atoms with Gasteiger partial charge >= 0.3 is 0 Å². The van der Waals surface area contributed by atoms with Crippen molar-refractivity contribution in [3.05, 3.63) is 65.7 Å². The quantitative estimate of drug-likeness (QED) is 0.449. The van der Waals surface area contributed by atoms with E-state index in [0.717, 1.165) is 35.7 Å². The number of imidazole rings is 1. The standard InChI is InChI=1S/C24H24F3N5O/c1-14-12-31(13-15(2)33-14)17-6-7-20-19(10-17)23(30-24-28-8-9-32(20)24)29-11-16-4-3-5-18(21(16)25)22(26)27/h3-10,14-15,22H,11-13H2,1-2H3,(H,28,29,30). The Balaban J connectivity index is 1.53. The van der Waals surface area contributed by atoms with Crippen LogP contribution in [0.15, 0.2) is 48.8 Å². The maximum atomic E-state index is 14.5. The number of ether oxygens (including phenoxy) is 1. The molecule has 5 rings (SSSR count). The monoisotopic (exact) mass is 455 g/mol. The number of anilines is 2. The maximum absolute atomic E-state index is 14.5. The van der Waals surface area contributed by atoms with Crippen molar-refractivity contribution in [2.24, 2.45) is 0 Å². The van der Waals surface area contributed by atoms with E-state index < -0.39 is 17.8 Å². The lowest BCUT2D eigenvalue weighted by Gasteiger charge is -2.37. The molecule has 9 heteroatoms. The number of rotatable bonds is 5. The highest BCUT2D eigenvalue weighted by molar-refractivity contribution is 5.93. The normalized spacial score (nSPS) is 19.0. The van der Waals surface area contributed by atoms with E-state index in [2.05, 4.69) is 40.1 Å². The Labute approximate surface area is 189 Å². The van der Waals surface area contributed by atoms with Crippen molar-refractivity contribution in [2.75, 3.05) is 23.3 Å². The van der Waals surface area contributed by atoms with Gasteiger partial charge < -0.3 is 15.0 Å². The molecule has 33 heavy (non-hydrogen) atoms. The van der Waals surface area contributed by atoms with Gasteiger partial charge in [-0.1, -0.05) is 18.2 Å². The van der Waals surface area contributed by atoms with Crippen LogP contribution in [0.3, 0.4) is 0 Å². The number of aromatic nitrogens is 3. The highest BCUT2D eigenvalue weighted by Gasteiger charge is 2.23. The summed E-state index contributed by atoms with van der Waals surface area (Å²) in [5.74, 6) is 0.109. The number of alkyl halides is 2. The third-order valence-electron chi connectivity index (χ3n) is 5.90. The van der Waals surface area contributed by atoms with Crippen molar-refractivity contribution in [1.29, 1.82) is 0 Å². The lowest BCUT2D eigenvalue weighted by Crippen LogP contribution is -2.45. The molecule has 3 heterocycles. The molecular formula is C24H24F3N5O. The van der Waals surface area contributed by atoms with E-state index in [9.17, 15) is 13.2 Å². The summed E-state index contributed by atoms with van der Waals surface area (Å²) >= 11 is 0. The molecule has 0 aliphatic carbocycles. The number of nitrogens with one attached hydrogen (secondary N) is 1. The Morgan fingerprint density at radius 2 is 1.94 bits per heavy atom. The number of morpholine rings is 1. The molecule has 6 nitrogen and oxygen atoms in total. The van der Waals surface area contributed by atoms with Gasteiger partial charge in [-0.2, -0.15) is 4.98 Å². The summed E-state index contributed by atoms with van der Waals surface area (Å²) in [7, 11) is 0. The van der Waals surface area contributed by atoms with E-state index >= 15 is 0 Å². The number of hydrogen-bond acceptors (Lipinski definition) is 5. The number of benzene rings is 2. The van der Waals surface area contributed by atoms with Crippen LogP contribution in [0, 0.1) is 5.82 Å². The molecule has 0 radical (unpaired) electrons. The number of hydrogen-bond donors (Lipinski definition) is 1. The minimum Gasteiger partial charge on any atom is -0.372 e. The van der Waals surface area contributed by atoms with E-state index in [0.29, 0.717) is 11.6 Å². The fraction of sp³-hybridized carbons (Fsp3) is 0.333. The van der Waals surface area contributed by atoms with Crippen LogP contribution in [0.2, 0.25) is 0 Å². The molecule has 0 bridgehead atoms. The zero-order valence-electron chi connectivity index (χ0n) is 18.3. The predicted octanol–water partition coefficient (Wildman–Crippen LogP) is 5.18. The minimum atomic E-state index is -2.87. The van der Waals surface area contributed by atoms with E-state index in [1.807, 2.05) is 22.7 Å². The second-order valence-electron chi connectivity index (χ2n) is 8.40. The largest absolute Gasteiger partial charge is 0.372 e. The van der Waals surface area contributed by atoms with Crippen LogP contribution < -0.4 is 10.2 Å². The first-order valence-corrected chi connectivity index (χ1v) is 10.9.